The first-order valence-corrected chi connectivity index (χ1v) is 8.68. The Kier molecular flexibility index (Phi) is 4.33. The van der Waals surface area contributed by atoms with Gasteiger partial charge in [-0.2, -0.15) is 0 Å². The number of hydrogen-bond donors (Lipinski definition) is 0. The van der Waals surface area contributed by atoms with Gasteiger partial charge in [0.2, 0.25) is 0 Å². The molecule has 0 fully saturated rings. The van der Waals surface area contributed by atoms with Crippen LogP contribution in [0.1, 0.15) is 6.92 Å². The van der Waals surface area contributed by atoms with Crippen molar-refractivity contribution >= 4 is 18.8 Å². The van der Waals surface area contributed by atoms with Gasteiger partial charge < -0.3 is 4.11 Å². The lowest BCUT2D eigenvalue weighted by atomic mass is 10.2. The van der Waals surface area contributed by atoms with Crippen LogP contribution in [0, 0.1) is 5.92 Å². The molecule has 19 heavy (non-hydrogen) atoms. The van der Waals surface area contributed by atoms with Gasteiger partial charge in [-0.1, -0.05) is 73.7 Å². The average molecular weight is 270 g/mol. The lowest BCUT2D eigenvalue weighted by Crippen LogP contribution is -2.55. The molecule has 0 N–H and O–H groups in total. The summed E-state index contributed by atoms with van der Waals surface area (Å²) >= 11 is 0. The van der Waals surface area contributed by atoms with Crippen molar-refractivity contribution in [3.8, 4) is 0 Å². The Labute approximate surface area is 115 Å². The van der Waals surface area contributed by atoms with E-state index < -0.39 is 8.41 Å². The summed E-state index contributed by atoms with van der Waals surface area (Å²) in [6, 6.07) is 19.7. The highest BCUT2D eigenvalue weighted by molar-refractivity contribution is 6.97. The standard InChI is InChI=1S/C17H19FSi/c1-3-15(2)14-19(18,16-10-6-4-7-11-16)17-12-8-5-9-13-17/h3-13,15H,1,14H2,2H3/t15-/m0/s1. The molecule has 98 valence electrons. The number of rotatable bonds is 5. The normalized spacial score (nSPS) is 12.9. The van der Waals surface area contributed by atoms with Crippen LogP contribution in [0.15, 0.2) is 73.3 Å². The Bertz CT molecular complexity index is 482. The summed E-state index contributed by atoms with van der Waals surface area (Å²) < 4.78 is 15.8. The van der Waals surface area contributed by atoms with Gasteiger partial charge in [0.05, 0.1) is 0 Å². The highest BCUT2D eigenvalue weighted by atomic mass is 28.4. The molecule has 0 heterocycles. The second-order valence-corrected chi connectivity index (χ2v) is 8.12. The topological polar surface area (TPSA) is 0 Å². The van der Waals surface area contributed by atoms with Crippen molar-refractivity contribution in [2.45, 2.75) is 13.0 Å². The number of benzene rings is 2. The van der Waals surface area contributed by atoms with Crippen LogP contribution in [0.25, 0.3) is 0 Å². The summed E-state index contributed by atoms with van der Waals surface area (Å²) in [7, 11) is -3.16. The van der Waals surface area contributed by atoms with Gasteiger partial charge in [-0.25, -0.2) is 0 Å². The molecule has 0 saturated carbocycles. The van der Waals surface area contributed by atoms with Crippen LogP contribution in [0.5, 0.6) is 0 Å². The molecule has 2 rings (SSSR count). The molecule has 0 bridgehead atoms. The van der Waals surface area contributed by atoms with Crippen molar-refractivity contribution < 1.29 is 4.11 Å². The first-order valence-electron chi connectivity index (χ1n) is 6.59. The Balaban J connectivity index is 2.47. The fourth-order valence-corrected chi connectivity index (χ4v) is 5.63. The molecule has 2 aromatic rings. The van der Waals surface area contributed by atoms with E-state index in [1.165, 1.54) is 0 Å². The fraction of sp³-hybridized carbons (Fsp3) is 0.176. The maximum absolute atomic E-state index is 15.8. The maximum Gasteiger partial charge on any atom is 0.309 e. The van der Waals surface area contributed by atoms with Gasteiger partial charge in [-0.15, -0.1) is 6.58 Å². The molecule has 0 saturated heterocycles. The molecule has 0 aliphatic carbocycles. The first-order chi connectivity index (χ1) is 9.16. The summed E-state index contributed by atoms with van der Waals surface area (Å²) in [5.74, 6) is 0.178. The quantitative estimate of drug-likeness (QED) is 0.443. The lowest BCUT2D eigenvalue weighted by molar-refractivity contribution is 0.736. The molecule has 0 nitrogen and oxygen atoms in total. The number of allylic oxidation sites excluding steroid dienone is 1. The van der Waals surface area contributed by atoms with E-state index in [1.54, 1.807) is 0 Å². The monoisotopic (exact) mass is 270 g/mol. The Morgan fingerprint density at radius 3 is 1.79 bits per heavy atom. The molecule has 0 amide bonds. The molecule has 0 aliphatic heterocycles. The minimum atomic E-state index is -3.16. The van der Waals surface area contributed by atoms with Crippen molar-refractivity contribution in [2.75, 3.05) is 0 Å². The Morgan fingerprint density at radius 2 is 1.42 bits per heavy atom. The highest BCUT2D eigenvalue weighted by Gasteiger charge is 2.39. The smallest absolute Gasteiger partial charge is 0.302 e. The van der Waals surface area contributed by atoms with E-state index >= 15 is 4.11 Å². The summed E-state index contributed by atoms with van der Waals surface area (Å²) in [6.07, 6.45) is 1.84. The van der Waals surface area contributed by atoms with Gasteiger partial charge in [0.25, 0.3) is 0 Å². The van der Waals surface area contributed by atoms with Crippen molar-refractivity contribution in [2.24, 2.45) is 5.92 Å². The van der Waals surface area contributed by atoms with E-state index in [2.05, 4.69) is 6.58 Å². The van der Waals surface area contributed by atoms with Crippen LogP contribution >= 0.6 is 0 Å². The van der Waals surface area contributed by atoms with E-state index in [9.17, 15) is 0 Å². The van der Waals surface area contributed by atoms with Crippen LogP contribution in [0.4, 0.5) is 4.11 Å². The molecule has 0 aromatic heterocycles. The first kappa shape index (κ1) is 13.8. The van der Waals surface area contributed by atoms with Gasteiger partial charge in [0.1, 0.15) is 0 Å². The third kappa shape index (κ3) is 3.02. The Hall–Kier alpha value is -1.67. The highest BCUT2D eigenvalue weighted by Crippen LogP contribution is 2.19. The van der Waals surface area contributed by atoms with Crippen LogP contribution in [0.3, 0.4) is 0 Å². The molecule has 0 aliphatic rings. The third-order valence-electron chi connectivity index (χ3n) is 3.47. The molecule has 0 radical (unpaired) electrons. The summed E-state index contributed by atoms with van der Waals surface area (Å²) in [4.78, 5) is 0. The van der Waals surface area contributed by atoms with E-state index in [-0.39, 0.29) is 5.92 Å². The maximum atomic E-state index is 15.8. The molecule has 2 heteroatoms. The zero-order chi connectivity index (χ0) is 13.7. The number of halogens is 1. The van der Waals surface area contributed by atoms with Gasteiger partial charge >= 0.3 is 8.41 Å². The summed E-state index contributed by atoms with van der Waals surface area (Å²) in [6.45, 7) is 5.82. The second kappa shape index (κ2) is 5.98. The summed E-state index contributed by atoms with van der Waals surface area (Å²) in [5, 5.41) is 1.68. The zero-order valence-electron chi connectivity index (χ0n) is 11.2. The van der Waals surface area contributed by atoms with Crippen LogP contribution in [-0.4, -0.2) is 8.41 Å². The molecular formula is C17H19FSi. The zero-order valence-corrected chi connectivity index (χ0v) is 12.2. The second-order valence-electron chi connectivity index (χ2n) is 4.95. The van der Waals surface area contributed by atoms with Crippen molar-refractivity contribution in [3.05, 3.63) is 73.3 Å². The van der Waals surface area contributed by atoms with Crippen molar-refractivity contribution in [1.29, 1.82) is 0 Å². The number of hydrogen-bond acceptors (Lipinski definition) is 0. The lowest BCUT2D eigenvalue weighted by Gasteiger charge is -2.25. The van der Waals surface area contributed by atoms with E-state index in [0.29, 0.717) is 6.04 Å². The Morgan fingerprint density at radius 1 is 1.00 bits per heavy atom. The minimum Gasteiger partial charge on any atom is -0.302 e. The summed E-state index contributed by atoms with van der Waals surface area (Å²) in [5.41, 5.74) is 0. The van der Waals surface area contributed by atoms with Crippen LogP contribution in [-0.2, 0) is 0 Å². The van der Waals surface area contributed by atoms with Gasteiger partial charge in [-0.05, 0) is 22.3 Å². The molecule has 0 spiro atoms. The van der Waals surface area contributed by atoms with Crippen molar-refractivity contribution in [3.63, 3.8) is 0 Å². The molecule has 0 unspecified atom stereocenters. The predicted octanol–water partition coefficient (Wildman–Crippen LogP) is 3.54. The van der Waals surface area contributed by atoms with Crippen LogP contribution < -0.4 is 10.4 Å². The largest absolute Gasteiger partial charge is 0.309 e. The minimum absolute atomic E-state index is 0.178. The average Bonchev–Trinajstić information content (AvgIpc) is 2.48. The van der Waals surface area contributed by atoms with E-state index in [4.69, 9.17) is 0 Å². The van der Waals surface area contributed by atoms with Gasteiger partial charge in [-0.3, -0.25) is 0 Å². The van der Waals surface area contributed by atoms with Gasteiger partial charge in [0.15, 0.2) is 0 Å². The predicted molar refractivity (Wildman–Crippen MR) is 83.2 cm³/mol. The molecule has 1 atom stereocenters. The molecular weight excluding hydrogens is 251 g/mol. The van der Waals surface area contributed by atoms with Crippen molar-refractivity contribution in [1.82, 2.24) is 0 Å². The van der Waals surface area contributed by atoms with Crippen LogP contribution in [0.2, 0.25) is 6.04 Å². The third-order valence-corrected chi connectivity index (χ3v) is 7.17. The van der Waals surface area contributed by atoms with E-state index in [1.807, 2.05) is 73.7 Å². The fourth-order valence-electron chi connectivity index (χ4n) is 2.33. The van der Waals surface area contributed by atoms with Gasteiger partial charge in [0, 0.05) is 0 Å². The van der Waals surface area contributed by atoms with E-state index in [0.717, 1.165) is 10.4 Å². The molecule has 2 aromatic carbocycles. The SMILES string of the molecule is C=C[C@H](C)C[Si](F)(c1ccccc1)c1ccccc1.